The smallest absolute Gasteiger partial charge is 0.137 e. The first-order valence-corrected chi connectivity index (χ1v) is 18.2. The van der Waals surface area contributed by atoms with Crippen molar-refractivity contribution in [2.75, 3.05) is 0 Å². The molecule has 4 heterocycles. The highest BCUT2D eigenvalue weighted by atomic mass is 79.9. The molecule has 0 saturated carbocycles. The minimum absolute atomic E-state index is 0.0623. The summed E-state index contributed by atoms with van der Waals surface area (Å²) in [6, 6.07) is 25.7. The summed E-state index contributed by atoms with van der Waals surface area (Å²) in [7, 11) is 0. The van der Waals surface area contributed by atoms with Crippen LogP contribution < -0.4 is 0 Å². The first-order chi connectivity index (χ1) is 24.8. The highest BCUT2D eigenvalue weighted by Gasteiger charge is 2.26. The summed E-state index contributed by atoms with van der Waals surface area (Å²) in [6.07, 6.45) is 10.9. The fourth-order valence-corrected chi connectivity index (χ4v) is 7.72. The second-order valence-corrected chi connectivity index (χ2v) is 14.1. The number of aryl methyl sites for hydroxylation is 3. The zero-order valence-corrected chi connectivity index (χ0v) is 31.4. The van der Waals surface area contributed by atoms with Crippen LogP contribution in [-0.4, -0.2) is 33.4 Å². The van der Waals surface area contributed by atoms with Crippen LogP contribution in [0.5, 0.6) is 0 Å². The molecule has 0 radical (unpaired) electrons. The first kappa shape index (κ1) is 34.6. The van der Waals surface area contributed by atoms with Crippen molar-refractivity contribution in [3.63, 3.8) is 0 Å². The van der Waals surface area contributed by atoms with E-state index >= 15 is 0 Å². The van der Waals surface area contributed by atoms with E-state index in [0.717, 1.165) is 38.9 Å². The van der Waals surface area contributed by atoms with Crippen molar-refractivity contribution < 1.29 is 8.78 Å². The van der Waals surface area contributed by atoms with E-state index in [2.05, 4.69) is 124 Å². The average Bonchev–Trinajstić information content (AvgIpc) is 3.96. The predicted molar refractivity (Wildman–Crippen MR) is 205 cm³/mol. The van der Waals surface area contributed by atoms with Gasteiger partial charge in [0.2, 0.25) is 0 Å². The van der Waals surface area contributed by atoms with E-state index in [1.165, 1.54) is 63.5 Å². The van der Waals surface area contributed by atoms with Crippen molar-refractivity contribution in [2.45, 2.75) is 45.9 Å². The number of benzene rings is 4. The van der Waals surface area contributed by atoms with Crippen molar-refractivity contribution in [2.24, 2.45) is 0 Å². The van der Waals surface area contributed by atoms with Crippen LogP contribution in [0, 0.1) is 18.6 Å². The van der Waals surface area contributed by atoms with Gasteiger partial charge in [-0.15, -0.1) is 0 Å². The molecule has 4 aromatic heterocycles. The number of hydrogen-bond acceptors (Lipinski definition) is 3. The highest BCUT2D eigenvalue weighted by molar-refractivity contribution is 9.10. The monoisotopic (exact) mass is 809 g/mol. The molecule has 11 heteroatoms. The van der Waals surface area contributed by atoms with Crippen LogP contribution in [0.25, 0.3) is 21.8 Å². The number of imidazole rings is 1. The van der Waals surface area contributed by atoms with Crippen LogP contribution in [0.2, 0.25) is 0 Å². The Labute approximate surface area is 311 Å². The molecule has 0 amide bonds. The molecule has 2 atom stereocenters. The molecule has 0 aliphatic rings. The SMILES string of the molecule is CCn1c(C(c2ccc(F)cc2)n2cncn2)c(C)c2cc(Br)ccc21.CCn1cc(C(c2ccc(F)cc2)n2ccnc2)c2cc(Br)ccc21. The predicted octanol–water partition coefficient (Wildman–Crippen LogP) is 10.5. The molecular formula is C40H35Br2F2N7. The molecule has 8 rings (SSSR count). The van der Waals surface area contributed by atoms with Crippen molar-refractivity contribution in [3.05, 3.63) is 171 Å². The van der Waals surface area contributed by atoms with Gasteiger partial charge in [0.15, 0.2) is 0 Å². The molecule has 0 spiro atoms. The second kappa shape index (κ2) is 14.8. The molecule has 0 aliphatic carbocycles. The van der Waals surface area contributed by atoms with Gasteiger partial charge in [0.25, 0.3) is 0 Å². The summed E-state index contributed by atoms with van der Waals surface area (Å²) < 4.78 is 37.4. The Hall–Kier alpha value is -4.87. The van der Waals surface area contributed by atoms with Gasteiger partial charge >= 0.3 is 0 Å². The van der Waals surface area contributed by atoms with Gasteiger partial charge in [-0.3, -0.25) is 0 Å². The Balaban J connectivity index is 0.000000159. The summed E-state index contributed by atoms with van der Waals surface area (Å²) in [5.41, 5.74) is 7.85. The summed E-state index contributed by atoms with van der Waals surface area (Å²) >= 11 is 7.16. The molecule has 8 aromatic rings. The van der Waals surface area contributed by atoms with Gasteiger partial charge in [0.1, 0.15) is 30.3 Å². The fraction of sp³-hybridized carbons (Fsp3) is 0.175. The average molecular weight is 812 g/mol. The topological polar surface area (TPSA) is 58.4 Å². The number of halogens is 4. The molecule has 7 nitrogen and oxygen atoms in total. The maximum Gasteiger partial charge on any atom is 0.137 e. The molecule has 258 valence electrons. The van der Waals surface area contributed by atoms with Gasteiger partial charge in [-0.25, -0.2) is 23.4 Å². The maximum absolute atomic E-state index is 13.5. The third kappa shape index (κ3) is 6.80. The largest absolute Gasteiger partial charge is 0.347 e. The normalized spacial score (nSPS) is 12.6. The van der Waals surface area contributed by atoms with Crippen LogP contribution in [0.4, 0.5) is 8.78 Å². The molecule has 0 saturated heterocycles. The van der Waals surface area contributed by atoms with Crippen molar-refractivity contribution in [1.82, 2.24) is 33.4 Å². The Bertz CT molecular complexity index is 2400. The van der Waals surface area contributed by atoms with E-state index in [0.29, 0.717) is 0 Å². The van der Waals surface area contributed by atoms with Crippen LogP contribution in [0.1, 0.15) is 53.9 Å². The van der Waals surface area contributed by atoms with Crippen LogP contribution >= 0.6 is 31.9 Å². The van der Waals surface area contributed by atoms with Crippen LogP contribution in [0.3, 0.4) is 0 Å². The Morgan fingerprint density at radius 3 is 1.90 bits per heavy atom. The van der Waals surface area contributed by atoms with Gasteiger partial charge in [0.05, 0.1) is 18.1 Å². The number of fused-ring (bicyclic) bond motifs is 2. The van der Waals surface area contributed by atoms with Gasteiger partial charge in [0, 0.05) is 68.0 Å². The Morgan fingerprint density at radius 2 is 1.33 bits per heavy atom. The lowest BCUT2D eigenvalue weighted by Crippen LogP contribution is -2.18. The van der Waals surface area contributed by atoms with E-state index in [1.807, 2.05) is 35.1 Å². The van der Waals surface area contributed by atoms with Crippen molar-refractivity contribution >= 4 is 53.7 Å². The van der Waals surface area contributed by atoms with Crippen LogP contribution in [-0.2, 0) is 13.1 Å². The molecule has 4 aromatic carbocycles. The zero-order chi connectivity index (χ0) is 35.6. The molecule has 0 bridgehead atoms. The first-order valence-electron chi connectivity index (χ1n) is 16.7. The second-order valence-electron chi connectivity index (χ2n) is 12.2. The van der Waals surface area contributed by atoms with Crippen LogP contribution in [0.15, 0.2) is 131 Å². The molecule has 0 aliphatic heterocycles. The Kier molecular flexibility index (Phi) is 10.0. The van der Waals surface area contributed by atoms with Crippen molar-refractivity contribution in [1.29, 1.82) is 0 Å². The molecule has 51 heavy (non-hydrogen) atoms. The zero-order valence-electron chi connectivity index (χ0n) is 28.3. The number of aromatic nitrogens is 7. The summed E-state index contributed by atoms with van der Waals surface area (Å²) in [6.45, 7) is 8.11. The van der Waals surface area contributed by atoms with Gasteiger partial charge < -0.3 is 13.7 Å². The molecule has 2 unspecified atom stereocenters. The Morgan fingerprint density at radius 1 is 0.706 bits per heavy atom. The maximum atomic E-state index is 13.5. The standard InChI is InChI=1S/C20H18BrFN4.C20H17BrFN3/c1-3-25-18-9-6-15(21)10-17(18)13(2)19(25)20(26-12-23-11-24-26)14-4-7-16(22)8-5-14;1-2-24-12-18(17-11-15(21)5-8-19(17)24)20(25-10-9-23-13-25)14-3-6-16(22)7-4-14/h4-12,20H,3H2,1-2H3;3-13,20H,2H2,1H3. The highest BCUT2D eigenvalue weighted by Crippen LogP contribution is 2.37. The number of rotatable bonds is 8. The van der Waals surface area contributed by atoms with E-state index < -0.39 is 0 Å². The summed E-state index contributed by atoms with van der Waals surface area (Å²) in [5, 5.41) is 6.76. The fourth-order valence-electron chi connectivity index (χ4n) is 7.00. The lowest BCUT2D eigenvalue weighted by atomic mass is 9.98. The molecule has 0 fully saturated rings. The van der Waals surface area contributed by atoms with E-state index in [-0.39, 0.29) is 23.7 Å². The molecule has 0 N–H and O–H groups in total. The third-order valence-corrected chi connectivity index (χ3v) is 10.3. The van der Waals surface area contributed by atoms with Gasteiger partial charge in [-0.2, -0.15) is 5.10 Å². The van der Waals surface area contributed by atoms with E-state index in [9.17, 15) is 8.78 Å². The van der Waals surface area contributed by atoms with E-state index in [4.69, 9.17) is 0 Å². The quantitative estimate of drug-likeness (QED) is 0.154. The lowest BCUT2D eigenvalue weighted by Gasteiger charge is -2.21. The van der Waals surface area contributed by atoms with Gasteiger partial charge in [-0.05, 0) is 98.1 Å². The number of hydrogen-bond donors (Lipinski definition) is 0. The molecular weight excluding hydrogens is 776 g/mol. The summed E-state index contributed by atoms with van der Waals surface area (Å²) in [5.74, 6) is -0.477. The lowest BCUT2D eigenvalue weighted by molar-refractivity contribution is 0.548. The van der Waals surface area contributed by atoms with Crippen molar-refractivity contribution in [3.8, 4) is 0 Å². The minimum Gasteiger partial charge on any atom is -0.347 e. The number of nitrogens with zero attached hydrogens (tertiary/aromatic N) is 7. The minimum atomic E-state index is -0.247. The summed E-state index contributed by atoms with van der Waals surface area (Å²) in [4.78, 5) is 8.33. The van der Waals surface area contributed by atoms with Gasteiger partial charge in [-0.1, -0.05) is 56.1 Å². The van der Waals surface area contributed by atoms with E-state index in [1.54, 1.807) is 18.9 Å². The third-order valence-electron chi connectivity index (χ3n) is 9.31.